The molecule has 8 nitrogen and oxygen atoms in total. The fourth-order valence-corrected chi connectivity index (χ4v) is 4.71. The van der Waals surface area contributed by atoms with Gasteiger partial charge in [-0.25, -0.2) is 4.98 Å². The zero-order chi connectivity index (χ0) is 26.3. The average Bonchev–Trinajstić information content (AvgIpc) is 3.56. The molecule has 0 spiro atoms. The lowest BCUT2D eigenvalue weighted by Gasteiger charge is -2.32. The van der Waals surface area contributed by atoms with E-state index in [-0.39, 0.29) is 5.88 Å². The molecule has 1 unspecified atom stereocenters. The summed E-state index contributed by atoms with van der Waals surface area (Å²) in [5.41, 5.74) is 11.3. The maximum absolute atomic E-state index is 10.1. The number of fused-ring (bicyclic) bond motifs is 1. The van der Waals surface area contributed by atoms with Crippen molar-refractivity contribution in [3.63, 3.8) is 0 Å². The Bertz CT molecular complexity index is 1600. The van der Waals surface area contributed by atoms with Gasteiger partial charge in [-0.15, -0.1) is 0 Å². The molecule has 3 heterocycles. The van der Waals surface area contributed by atoms with Gasteiger partial charge < -0.3 is 29.1 Å². The molecule has 4 aromatic rings. The van der Waals surface area contributed by atoms with Gasteiger partial charge in [-0.05, 0) is 36.8 Å². The van der Waals surface area contributed by atoms with Crippen LogP contribution in [-0.2, 0) is 4.74 Å². The molecule has 1 aliphatic heterocycles. The number of imidazole rings is 1. The van der Waals surface area contributed by atoms with E-state index in [2.05, 4.69) is 17.6 Å². The van der Waals surface area contributed by atoms with Gasteiger partial charge in [0.25, 0.3) is 0 Å². The number of furan rings is 1. The van der Waals surface area contributed by atoms with E-state index in [0.717, 1.165) is 22.2 Å². The number of aromatic nitrogens is 2. The molecular weight excluding hydrogens is 466 g/mol. The van der Waals surface area contributed by atoms with Crippen molar-refractivity contribution in [1.29, 1.82) is 5.26 Å². The molecule has 0 saturated heterocycles. The predicted molar refractivity (Wildman–Crippen MR) is 141 cm³/mol. The fourth-order valence-electron chi connectivity index (χ4n) is 4.71. The molecule has 186 valence electrons. The van der Waals surface area contributed by atoms with Crippen LogP contribution in [0.1, 0.15) is 22.8 Å². The van der Waals surface area contributed by atoms with Gasteiger partial charge in [0.15, 0.2) is 0 Å². The van der Waals surface area contributed by atoms with Crippen LogP contribution in [0.3, 0.4) is 0 Å². The smallest absolute Gasteiger partial charge is 0.207 e. The van der Waals surface area contributed by atoms with Crippen molar-refractivity contribution in [2.45, 2.75) is 12.8 Å². The van der Waals surface area contributed by atoms with Gasteiger partial charge in [0, 0.05) is 60.3 Å². The third kappa shape index (κ3) is 4.00. The van der Waals surface area contributed by atoms with Crippen molar-refractivity contribution in [3.8, 4) is 17.5 Å². The normalized spacial score (nSPS) is 15.5. The number of nitriles is 1. The topological polar surface area (TPSA) is 102 Å². The quantitative estimate of drug-likeness (QED) is 0.392. The lowest BCUT2D eigenvalue weighted by Crippen LogP contribution is -2.27. The maximum atomic E-state index is 10.1. The third-order valence-corrected chi connectivity index (χ3v) is 6.58. The number of methoxy groups -OCH3 is 1. The van der Waals surface area contributed by atoms with Crippen LogP contribution in [0.4, 0.5) is 0 Å². The number of nitrogens with two attached hydrogens (primary N) is 1. The molecule has 0 aliphatic carbocycles. The number of allylic oxidation sites excluding steroid dienone is 3. The highest BCUT2D eigenvalue weighted by molar-refractivity contribution is 5.91. The number of nitrogens with zero attached hydrogens (tertiary/aromatic N) is 4. The van der Waals surface area contributed by atoms with E-state index < -0.39 is 5.92 Å². The van der Waals surface area contributed by atoms with Crippen LogP contribution < -0.4 is 10.5 Å². The Kier molecular flexibility index (Phi) is 5.98. The Morgan fingerprint density at radius 1 is 1.22 bits per heavy atom. The maximum Gasteiger partial charge on any atom is 0.207 e. The van der Waals surface area contributed by atoms with Gasteiger partial charge in [-0.1, -0.05) is 18.7 Å². The number of benzene rings is 2. The summed E-state index contributed by atoms with van der Waals surface area (Å²) in [6.45, 7) is 6.42. The summed E-state index contributed by atoms with van der Waals surface area (Å²) < 4.78 is 19.6. The van der Waals surface area contributed by atoms with Crippen LogP contribution in [0.2, 0.25) is 0 Å². The van der Waals surface area contributed by atoms with Crippen LogP contribution >= 0.6 is 0 Å². The molecule has 2 aromatic carbocycles. The average molecular weight is 494 g/mol. The molecule has 0 fully saturated rings. The molecular formula is C29H27N5O3. The minimum Gasteiger partial charge on any atom is -0.497 e. The first-order valence-electron chi connectivity index (χ1n) is 11.7. The molecule has 1 atom stereocenters. The highest BCUT2D eigenvalue weighted by atomic mass is 16.5. The summed E-state index contributed by atoms with van der Waals surface area (Å²) in [5.74, 6) is 1.37. The number of ether oxygens (including phenoxy) is 2. The standard InChI is InChI=1S/C29H27N5O3/c1-17-22-11-10-21(35-5)14-24(22)36-27(17)18(2)25-26(23(15-30)28(31)37-29(25)33(3)4)19-6-8-20(9-7-19)34-13-12-32-16-34/h6-14,16,26H,2,31H2,1,3-5H3. The van der Waals surface area contributed by atoms with Gasteiger partial charge in [-0.3, -0.25) is 0 Å². The van der Waals surface area contributed by atoms with E-state index in [9.17, 15) is 5.26 Å². The van der Waals surface area contributed by atoms with Crippen LogP contribution in [0.15, 0.2) is 95.1 Å². The third-order valence-electron chi connectivity index (χ3n) is 6.58. The summed E-state index contributed by atoms with van der Waals surface area (Å²) in [5, 5.41) is 11.1. The van der Waals surface area contributed by atoms with Crippen molar-refractivity contribution in [2.24, 2.45) is 5.73 Å². The highest BCUT2D eigenvalue weighted by Crippen LogP contribution is 2.47. The lowest BCUT2D eigenvalue weighted by molar-refractivity contribution is 0.187. The van der Waals surface area contributed by atoms with Crippen LogP contribution in [0.25, 0.3) is 22.2 Å². The SMILES string of the molecule is C=C(C1=C(N(C)C)OC(N)=C(C#N)C1c1ccc(-n2ccnc2)cc1)c1oc2cc(OC)ccc2c1C. The van der Waals surface area contributed by atoms with Crippen molar-refractivity contribution in [3.05, 3.63) is 108 Å². The first-order valence-corrected chi connectivity index (χ1v) is 11.7. The second-order valence-corrected chi connectivity index (χ2v) is 9.00. The monoisotopic (exact) mass is 493 g/mol. The lowest BCUT2D eigenvalue weighted by atomic mass is 9.79. The Morgan fingerprint density at radius 3 is 2.59 bits per heavy atom. The Morgan fingerprint density at radius 2 is 1.97 bits per heavy atom. The van der Waals surface area contributed by atoms with Crippen LogP contribution in [-0.4, -0.2) is 35.7 Å². The minimum atomic E-state index is -0.511. The molecule has 0 radical (unpaired) electrons. The first-order chi connectivity index (χ1) is 17.8. The molecule has 8 heteroatoms. The largest absolute Gasteiger partial charge is 0.497 e. The summed E-state index contributed by atoms with van der Waals surface area (Å²) in [6, 6.07) is 15.9. The van der Waals surface area contributed by atoms with Crippen molar-refractivity contribution < 1.29 is 13.9 Å². The molecule has 37 heavy (non-hydrogen) atoms. The first kappa shape index (κ1) is 23.8. The zero-order valence-corrected chi connectivity index (χ0v) is 21.1. The molecule has 0 saturated carbocycles. The molecule has 2 N–H and O–H groups in total. The number of aryl methyl sites for hydroxylation is 1. The molecule has 0 bridgehead atoms. The van der Waals surface area contributed by atoms with E-state index in [4.69, 9.17) is 19.6 Å². The molecule has 1 aliphatic rings. The Labute approximate surface area is 215 Å². The van der Waals surface area contributed by atoms with Crippen molar-refractivity contribution >= 4 is 16.5 Å². The highest BCUT2D eigenvalue weighted by Gasteiger charge is 2.37. The Hall–Kier alpha value is -4.90. The molecule has 2 aromatic heterocycles. The van der Waals surface area contributed by atoms with Crippen LogP contribution in [0.5, 0.6) is 5.75 Å². The Balaban J connectivity index is 1.67. The van der Waals surface area contributed by atoms with Gasteiger partial charge in [0.2, 0.25) is 11.8 Å². The minimum absolute atomic E-state index is 0.0671. The van der Waals surface area contributed by atoms with E-state index in [1.54, 1.807) is 19.6 Å². The van der Waals surface area contributed by atoms with Gasteiger partial charge in [0.05, 0.1) is 19.4 Å². The number of hydrogen-bond donors (Lipinski definition) is 1. The summed E-state index contributed by atoms with van der Waals surface area (Å²) >= 11 is 0. The summed E-state index contributed by atoms with van der Waals surface area (Å²) in [4.78, 5) is 5.95. The number of rotatable bonds is 6. The second kappa shape index (κ2) is 9.28. The van der Waals surface area contributed by atoms with E-state index in [0.29, 0.717) is 39.7 Å². The van der Waals surface area contributed by atoms with Gasteiger partial charge in [0.1, 0.15) is 28.7 Å². The summed E-state index contributed by atoms with van der Waals surface area (Å²) in [7, 11) is 5.35. The summed E-state index contributed by atoms with van der Waals surface area (Å²) in [6.07, 6.45) is 5.33. The predicted octanol–water partition coefficient (Wildman–Crippen LogP) is 5.23. The van der Waals surface area contributed by atoms with Gasteiger partial charge in [-0.2, -0.15) is 5.26 Å². The zero-order valence-electron chi connectivity index (χ0n) is 21.1. The van der Waals surface area contributed by atoms with Gasteiger partial charge >= 0.3 is 0 Å². The van der Waals surface area contributed by atoms with E-state index in [1.807, 2.05) is 79.1 Å². The number of hydrogen-bond acceptors (Lipinski definition) is 7. The van der Waals surface area contributed by atoms with E-state index >= 15 is 0 Å². The van der Waals surface area contributed by atoms with Crippen LogP contribution in [0, 0.1) is 18.3 Å². The van der Waals surface area contributed by atoms with Crippen molar-refractivity contribution in [2.75, 3.05) is 21.2 Å². The molecule has 0 amide bonds. The molecule has 5 rings (SSSR count). The second-order valence-electron chi connectivity index (χ2n) is 9.00. The van der Waals surface area contributed by atoms with Crippen molar-refractivity contribution in [1.82, 2.24) is 14.5 Å². The fraction of sp³-hybridized carbons (Fsp3) is 0.172. The van der Waals surface area contributed by atoms with E-state index in [1.165, 1.54) is 0 Å².